The van der Waals surface area contributed by atoms with Gasteiger partial charge in [-0.05, 0) is 33.3 Å². The van der Waals surface area contributed by atoms with Crippen LogP contribution in [0.3, 0.4) is 0 Å². The van der Waals surface area contributed by atoms with Gasteiger partial charge >= 0.3 is 11.6 Å². The molecule has 2 aliphatic heterocycles. The Hall–Kier alpha value is -2.72. The fourth-order valence-electron chi connectivity index (χ4n) is 4.64. The molecule has 0 aliphatic carbocycles. The number of rotatable bonds is 8. The fraction of sp³-hybridized carbons (Fsp3) is 0.520. The van der Waals surface area contributed by atoms with Crippen LogP contribution in [0.2, 0.25) is 0 Å². The Morgan fingerprint density at radius 3 is 2.53 bits per heavy atom. The van der Waals surface area contributed by atoms with E-state index in [9.17, 15) is 19.8 Å². The van der Waals surface area contributed by atoms with Gasteiger partial charge in [0.2, 0.25) is 0 Å². The molecule has 2 saturated heterocycles. The summed E-state index contributed by atoms with van der Waals surface area (Å²) in [4.78, 5) is 23.3. The highest BCUT2D eigenvalue weighted by molar-refractivity contribution is 5.66. The molecule has 0 saturated carbocycles. The number of hydrogen-bond donors (Lipinski definition) is 2. The summed E-state index contributed by atoms with van der Waals surface area (Å²) >= 11 is 0. The zero-order valence-corrected chi connectivity index (χ0v) is 20.0. The third-order valence-electron chi connectivity index (χ3n) is 6.34. The second kappa shape index (κ2) is 10.3. The Balaban J connectivity index is 1.74. The number of ether oxygens (including phenoxy) is 4. The SMILES string of the molecule is COc1cc(=O)oc(C=CC=CC=CC2OC3(C)C(CCO)OC(C)(C2O)C3OC(C)=O)c1C. The van der Waals surface area contributed by atoms with Crippen LogP contribution in [0.25, 0.3) is 6.08 Å². The van der Waals surface area contributed by atoms with Gasteiger partial charge in [-0.15, -0.1) is 0 Å². The van der Waals surface area contributed by atoms with E-state index in [4.69, 9.17) is 23.4 Å². The van der Waals surface area contributed by atoms with Crippen LogP contribution in [-0.4, -0.2) is 65.5 Å². The maximum atomic E-state index is 11.7. The third-order valence-corrected chi connectivity index (χ3v) is 6.34. The summed E-state index contributed by atoms with van der Waals surface area (Å²) < 4.78 is 28.1. The smallest absolute Gasteiger partial charge is 0.339 e. The molecular formula is C25H32O9. The maximum absolute atomic E-state index is 11.7. The Bertz CT molecular complexity index is 1040. The van der Waals surface area contributed by atoms with Gasteiger partial charge in [0.1, 0.15) is 34.9 Å². The van der Waals surface area contributed by atoms with E-state index in [2.05, 4.69) is 0 Å². The van der Waals surface area contributed by atoms with E-state index in [1.54, 1.807) is 57.2 Å². The fourth-order valence-corrected chi connectivity index (χ4v) is 4.64. The average molecular weight is 477 g/mol. The van der Waals surface area contributed by atoms with Gasteiger partial charge in [-0.3, -0.25) is 4.79 Å². The van der Waals surface area contributed by atoms with Crippen molar-refractivity contribution in [3.8, 4) is 5.75 Å². The molecule has 2 fully saturated rings. The van der Waals surface area contributed by atoms with Crippen LogP contribution in [0.1, 0.15) is 38.5 Å². The number of aliphatic hydroxyl groups excluding tert-OH is 2. The lowest BCUT2D eigenvalue weighted by molar-refractivity contribution is -0.235. The molecule has 34 heavy (non-hydrogen) atoms. The van der Waals surface area contributed by atoms with Crippen molar-refractivity contribution >= 4 is 12.0 Å². The molecular weight excluding hydrogens is 444 g/mol. The molecule has 6 unspecified atom stereocenters. The van der Waals surface area contributed by atoms with Crippen molar-refractivity contribution in [1.29, 1.82) is 0 Å². The molecule has 2 N–H and O–H groups in total. The summed E-state index contributed by atoms with van der Waals surface area (Å²) in [7, 11) is 1.49. The van der Waals surface area contributed by atoms with Crippen molar-refractivity contribution in [3.05, 3.63) is 58.2 Å². The first-order chi connectivity index (χ1) is 16.1. The normalized spacial score (nSPS) is 33.3. The summed E-state index contributed by atoms with van der Waals surface area (Å²) in [5.41, 5.74) is -2.03. The lowest BCUT2D eigenvalue weighted by atomic mass is 9.77. The first-order valence-corrected chi connectivity index (χ1v) is 11.1. The van der Waals surface area contributed by atoms with E-state index < -0.39 is 47.2 Å². The van der Waals surface area contributed by atoms with Crippen LogP contribution >= 0.6 is 0 Å². The van der Waals surface area contributed by atoms with Gasteiger partial charge < -0.3 is 33.6 Å². The molecule has 0 spiro atoms. The van der Waals surface area contributed by atoms with E-state index >= 15 is 0 Å². The molecule has 3 rings (SSSR count). The molecule has 0 radical (unpaired) electrons. The quantitative estimate of drug-likeness (QED) is 0.428. The summed E-state index contributed by atoms with van der Waals surface area (Å²) in [5, 5.41) is 20.5. The number of esters is 1. The van der Waals surface area contributed by atoms with E-state index in [-0.39, 0.29) is 13.0 Å². The van der Waals surface area contributed by atoms with Gasteiger partial charge in [0, 0.05) is 19.1 Å². The molecule has 3 heterocycles. The van der Waals surface area contributed by atoms with Crippen molar-refractivity contribution in [1.82, 2.24) is 0 Å². The number of methoxy groups -OCH3 is 1. The average Bonchev–Trinajstić information content (AvgIpc) is 2.93. The summed E-state index contributed by atoms with van der Waals surface area (Å²) in [6.45, 7) is 6.40. The molecule has 1 aromatic heterocycles. The van der Waals surface area contributed by atoms with Crippen LogP contribution in [0, 0.1) is 6.92 Å². The van der Waals surface area contributed by atoms with Gasteiger partial charge in [-0.25, -0.2) is 4.79 Å². The number of carbonyl (C=O) groups excluding carboxylic acids is 1. The first kappa shape index (κ1) is 25.9. The number of fused-ring (bicyclic) bond motifs is 2. The topological polar surface area (TPSA) is 125 Å². The molecule has 2 bridgehead atoms. The Kier molecular flexibility index (Phi) is 7.82. The standard InChI is InChI=1S/C25H32O9/c1-15-17(32-21(28)14-19(15)30-5)10-8-6-7-9-11-18-22(29)25(4)23(31-16(2)27)24(3,33-18)20(34-25)12-13-26/h6-11,14,18,20,22-23,26,29H,12-13H2,1-5H3. The molecule has 2 aliphatic rings. The predicted molar refractivity (Wildman–Crippen MR) is 123 cm³/mol. The van der Waals surface area contributed by atoms with Gasteiger partial charge in [0.05, 0.1) is 19.3 Å². The molecule has 9 heteroatoms. The number of aliphatic hydroxyl groups is 2. The lowest BCUT2D eigenvalue weighted by Gasteiger charge is -2.47. The van der Waals surface area contributed by atoms with E-state index in [0.717, 1.165) is 0 Å². The number of hydrogen-bond acceptors (Lipinski definition) is 9. The van der Waals surface area contributed by atoms with Crippen molar-refractivity contribution in [2.45, 2.75) is 69.7 Å². The van der Waals surface area contributed by atoms with Crippen LogP contribution in [0.15, 0.2) is 45.7 Å². The molecule has 9 nitrogen and oxygen atoms in total. The van der Waals surface area contributed by atoms with Gasteiger partial charge in [0.25, 0.3) is 0 Å². The largest absolute Gasteiger partial charge is 0.496 e. The second-order valence-electron chi connectivity index (χ2n) is 8.76. The highest BCUT2D eigenvalue weighted by Gasteiger charge is 2.70. The predicted octanol–water partition coefficient (Wildman–Crippen LogP) is 2.07. The minimum Gasteiger partial charge on any atom is -0.496 e. The summed E-state index contributed by atoms with van der Waals surface area (Å²) in [5.74, 6) is 0.343. The molecule has 0 amide bonds. The van der Waals surface area contributed by atoms with E-state index in [1.165, 1.54) is 20.1 Å². The monoisotopic (exact) mass is 476 g/mol. The zero-order valence-electron chi connectivity index (χ0n) is 20.0. The number of allylic oxidation sites excluding steroid dienone is 4. The first-order valence-electron chi connectivity index (χ1n) is 11.1. The minimum atomic E-state index is -1.20. The number of carbonyl (C=O) groups is 1. The highest BCUT2D eigenvalue weighted by atomic mass is 16.7. The van der Waals surface area contributed by atoms with Crippen molar-refractivity contribution in [2.24, 2.45) is 0 Å². The van der Waals surface area contributed by atoms with Crippen molar-refractivity contribution in [3.63, 3.8) is 0 Å². The summed E-state index contributed by atoms with van der Waals surface area (Å²) in [6.07, 6.45) is 7.28. The van der Waals surface area contributed by atoms with Gasteiger partial charge in [-0.1, -0.05) is 30.4 Å². The second-order valence-corrected chi connectivity index (χ2v) is 8.76. The maximum Gasteiger partial charge on any atom is 0.339 e. The molecule has 1 aromatic rings. The van der Waals surface area contributed by atoms with Crippen LogP contribution in [0.4, 0.5) is 0 Å². The molecule has 186 valence electrons. The van der Waals surface area contributed by atoms with Crippen molar-refractivity contribution < 1.29 is 38.4 Å². The lowest BCUT2D eigenvalue weighted by Crippen LogP contribution is -2.65. The zero-order chi connectivity index (χ0) is 25.1. The van der Waals surface area contributed by atoms with Gasteiger partial charge in [-0.2, -0.15) is 0 Å². The van der Waals surface area contributed by atoms with Crippen LogP contribution < -0.4 is 10.4 Å². The Morgan fingerprint density at radius 1 is 1.18 bits per heavy atom. The van der Waals surface area contributed by atoms with E-state index in [1.807, 2.05) is 0 Å². The van der Waals surface area contributed by atoms with Crippen molar-refractivity contribution in [2.75, 3.05) is 13.7 Å². The van der Waals surface area contributed by atoms with Gasteiger partial charge in [0.15, 0.2) is 6.10 Å². The third kappa shape index (κ3) is 4.88. The molecule has 6 atom stereocenters. The molecule has 0 aromatic carbocycles. The Labute approximate surface area is 198 Å². The van der Waals surface area contributed by atoms with E-state index in [0.29, 0.717) is 17.1 Å². The minimum absolute atomic E-state index is 0.134. The van der Waals surface area contributed by atoms with Crippen LogP contribution in [-0.2, 0) is 19.0 Å². The Morgan fingerprint density at radius 2 is 1.88 bits per heavy atom. The highest BCUT2D eigenvalue weighted by Crippen LogP contribution is 2.51. The van der Waals surface area contributed by atoms with Crippen LogP contribution in [0.5, 0.6) is 5.75 Å². The summed E-state index contributed by atoms with van der Waals surface area (Å²) in [6, 6.07) is 1.29.